The van der Waals surface area contributed by atoms with Crippen molar-refractivity contribution in [2.75, 3.05) is 18.0 Å². The summed E-state index contributed by atoms with van der Waals surface area (Å²) in [5.41, 5.74) is 2.19. The molecule has 6 nitrogen and oxygen atoms in total. The zero-order valence-corrected chi connectivity index (χ0v) is 11.9. The second-order valence-electron chi connectivity index (χ2n) is 5.55. The van der Waals surface area contributed by atoms with Crippen molar-refractivity contribution >= 4 is 16.9 Å². The van der Waals surface area contributed by atoms with Crippen molar-refractivity contribution in [3.05, 3.63) is 53.1 Å². The van der Waals surface area contributed by atoms with Crippen molar-refractivity contribution in [3.8, 4) is 5.69 Å². The Hall–Kier alpha value is -2.60. The predicted molar refractivity (Wildman–Crippen MR) is 84.5 cm³/mol. The Labute approximate surface area is 126 Å². The van der Waals surface area contributed by atoms with Crippen LogP contribution in [0.2, 0.25) is 0 Å². The van der Waals surface area contributed by atoms with Crippen LogP contribution in [0, 0.1) is 0 Å². The van der Waals surface area contributed by atoms with Crippen LogP contribution in [0.25, 0.3) is 16.7 Å². The van der Waals surface area contributed by atoms with Gasteiger partial charge >= 0.3 is 5.69 Å². The van der Waals surface area contributed by atoms with Crippen molar-refractivity contribution < 1.29 is 5.11 Å². The molecule has 2 aromatic heterocycles. The number of β-amino-alcohol motifs (C(OH)–C–C–N with tert-alkyl or cyclic N) is 1. The lowest BCUT2D eigenvalue weighted by Gasteiger charge is -2.16. The first kappa shape index (κ1) is 13.1. The molecule has 0 amide bonds. The first-order chi connectivity index (χ1) is 10.7. The number of aromatic amines is 1. The molecule has 0 aliphatic carbocycles. The van der Waals surface area contributed by atoms with E-state index in [2.05, 4.69) is 9.97 Å². The second-order valence-corrected chi connectivity index (χ2v) is 5.55. The molecule has 1 aliphatic heterocycles. The van der Waals surface area contributed by atoms with Crippen LogP contribution in [0.15, 0.2) is 47.4 Å². The Balaban J connectivity index is 1.73. The Morgan fingerprint density at radius 1 is 1.23 bits per heavy atom. The summed E-state index contributed by atoms with van der Waals surface area (Å²) in [7, 11) is 0. The maximum absolute atomic E-state index is 12.2. The number of aromatic nitrogens is 3. The molecule has 1 saturated heterocycles. The van der Waals surface area contributed by atoms with E-state index < -0.39 is 0 Å². The highest BCUT2D eigenvalue weighted by Gasteiger charge is 2.21. The summed E-state index contributed by atoms with van der Waals surface area (Å²) in [5.74, 6) is 0.827. The molecule has 112 valence electrons. The molecule has 0 spiro atoms. The predicted octanol–water partition coefficient (Wildman–Crippen LogP) is 1.28. The number of benzene rings is 1. The van der Waals surface area contributed by atoms with E-state index in [1.165, 1.54) is 0 Å². The Bertz CT molecular complexity index is 866. The maximum Gasteiger partial charge on any atom is 0.331 e. The molecule has 2 N–H and O–H groups in total. The van der Waals surface area contributed by atoms with Crippen molar-refractivity contribution in [1.82, 2.24) is 14.5 Å². The molecule has 4 rings (SSSR count). The first-order valence-electron chi connectivity index (χ1n) is 7.31. The van der Waals surface area contributed by atoms with Gasteiger partial charge in [0, 0.05) is 13.1 Å². The van der Waals surface area contributed by atoms with Gasteiger partial charge in [-0.3, -0.25) is 4.57 Å². The number of para-hydroxylation sites is 2. The fourth-order valence-electron chi connectivity index (χ4n) is 2.96. The van der Waals surface area contributed by atoms with E-state index in [0.717, 1.165) is 35.5 Å². The molecule has 0 bridgehead atoms. The summed E-state index contributed by atoms with van der Waals surface area (Å²) in [5, 5.41) is 9.60. The minimum absolute atomic E-state index is 0.174. The van der Waals surface area contributed by atoms with Crippen molar-refractivity contribution in [2.24, 2.45) is 0 Å². The number of anilines is 1. The standard InChI is InChI=1S/C16H16N4O2/c21-12-7-8-19(10-12)15-6-5-11(9-17-15)20-14-4-2-1-3-13(14)18-16(20)22/h1-6,9,12,21H,7-8,10H2,(H,18,22). The Morgan fingerprint density at radius 2 is 2.09 bits per heavy atom. The quantitative estimate of drug-likeness (QED) is 0.747. The van der Waals surface area contributed by atoms with Crippen molar-refractivity contribution in [3.63, 3.8) is 0 Å². The molecular formula is C16H16N4O2. The van der Waals surface area contributed by atoms with Gasteiger partial charge in [-0.25, -0.2) is 9.78 Å². The van der Waals surface area contributed by atoms with E-state index in [-0.39, 0.29) is 11.8 Å². The minimum Gasteiger partial charge on any atom is -0.391 e. The van der Waals surface area contributed by atoms with E-state index in [9.17, 15) is 9.90 Å². The van der Waals surface area contributed by atoms with Crippen molar-refractivity contribution in [1.29, 1.82) is 0 Å². The van der Waals surface area contributed by atoms with Gasteiger partial charge in [-0.2, -0.15) is 0 Å². The number of hydrogen-bond donors (Lipinski definition) is 2. The number of rotatable bonds is 2. The molecule has 0 saturated carbocycles. The molecular weight excluding hydrogens is 280 g/mol. The van der Waals surface area contributed by atoms with Gasteiger partial charge in [0.15, 0.2) is 0 Å². The summed E-state index contributed by atoms with van der Waals surface area (Å²) >= 11 is 0. The lowest BCUT2D eigenvalue weighted by Crippen LogP contribution is -2.22. The molecule has 22 heavy (non-hydrogen) atoms. The normalized spacial score (nSPS) is 18.2. The third kappa shape index (κ3) is 2.08. The zero-order valence-electron chi connectivity index (χ0n) is 11.9. The third-order valence-electron chi connectivity index (χ3n) is 4.07. The Kier molecular flexibility index (Phi) is 2.97. The molecule has 1 unspecified atom stereocenters. The summed E-state index contributed by atoms with van der Waals surface area (Å²) in [6, 6.07) is 11.3. The van der Waals surface area contributed by atoms with Crippen LogP contribution in [0.5, 0.6) is 0 Å². The van der Waals surface area contributed by atoms with E-state index in [1.807, 2.05) is 41.3 Å². The number of aliphatic hydroxyl groups is 1. The third-order valence-corrected chi connectivity index (χ3v) is 4.07. The topological polar surface area (TPSA) is 74.2 Å². The van der Waals surface area contributed by atoms with E-state index >= 15 is 0 Å². The van der Waals surface area contributed by atoms with Gasteiger partial charge in [0.1, 0.15) is 5.82 Å². The molecule has 1 aliphatic rings. The molecule has 6 heteroatoms. The van der Waals surface area contributed by atoms with E-state index in [1.54, 1.807) is 10.8 Å². The lowest BCUT2D eigenvalue weighted by atomic mass is 10.3. The fraction of sp³-hybridized carbons (Fsp3) is 0.250. The van der Waals surface area contributed by atoms with Crippen LogP contribution < -0.4 is 10.6 Å². The SMILES string of the molecule is O=c1[nH]c2ccccc2n1-c1ccc(N2CCC(O)C2)nc1. The summed E-state index contributed by atoms with van der Waals surface area (Å²) in [6.45, 7) is 1.42. The van der Waals surface area contributed by atoms with Gasteiger partial charge in [0.25, 0.3) is 0 Å². The zero-order chi connectivity index (χ0) is 15.1. The fourth-order valence-corrected chi connectivity index (χ4v) is 2.96. The maximum atomic E-state index is 12.2. The smallest absolute Gasteiger partial charge is 0.331 e. The van der Waals surface area contributed by atoms with Crippen LogP contribution >= 0.6 is 0 Å². The highest BCUT2D eigenvalue weighted by atomic mass is 16.3. The van der Waals surface area contributed by atoms with Crippen LogP contribution in [0.4, 0.5) is 5.82 Å². The average Bonchev–Trinajstić information content (AvgIpc) is 3.10. The molecule has 0 radical (unpaired) electrons. The van der Waals surface area contributed by atoms with Crippen LogP contribution in [0.3, 0.4) is 0 Å². The van der Waals surface area contributed by atoms with Crippen LogP contribution in [-0.4, -0.2) is 38.8 Å². The molecule has 1 atom stereocenters. The van der Waals surface area contributed by atoms with E-state index in [4.69, 9.17) is 0 Å². The number of aliphatic hydroxyl groups excluding tert-OH is 1. The van der Waals surface area contributed by atoms with Crippen molar-refractivity contribution in [2.45, 2.75) is 12.5 Å². The minimum atomic E-state index is -0.280. The highest BCUT2D eigenvalue weighted by Crippen LogP contribution is 2.20. The summed E-state index contributed by atoms with van der Waals surface area (Å²) in [4.78, 5) is 21.5. The second kappa shape index (κ2) is 4.99. The monoisotopic (exact) mass is 296 g/mol. The lowest BCUT2D eigenvalue weighted by molar-refractivity contribution is 0.198. The van der Waals surface area contributed by atoms with Gasteiger partial charge in [0.2, 0.25) is 0 Å². The van der Waals surface area contributed by atoms with Gasteiger partial charge in [-0.1, -0.05) is 12.1 Å². The number of fused-ring (bicyclic) bond motifs is 1. The number of nitrogens with zero attached hydrogens (tertiary/aromatic N) is 3. The Morgan fingerprint density at radius 3 is 2.82 bits per heavy atom. The van der Waals surface area contributed by atoms with Gasteiger partial charge in [0.05, 0.1) is 29.0 Å². The van der Waals surface area contributed by atoms with Crippen LogP contribution in [0.1, 0.15) is 6.42 Å². The number of imidazole rings is 1. The summed E-state index contributed by atoms with van der Waals surface area (Å²) < 4.78 is 1.62. The first-order valence-corrected chi connectivity index (χ1v) is 7.31. The van der Waals surface area contributed by atoms with Gasteiger partial charge in [-0.15, -0.1) is 0 Å². The average molecular weight is 296 g/mol. The number of H-pyrrole nitrogens is 1. The largest absolute Gasteiger partial charge is 0.391 e. The molecule has 1 fully saturated rings. The molecule has 1 aromatic carbocycles. The number of hydrogen-bond acceptors (Lipinski definition) is 4. The number of pyridine rings is 1. The van der Waals surface area contributed by atoms with Gasteiger partial charge in [-0.05, 0) is 30.7 Å². The number of nitrogens with one attached hydrogen (secondary N) is 1. The summed E-state index contributed by atoms with van der Waals surface area (Å²) in [6.07, 6.45) is 2.19. The molecule has 3 heterocycles. The molecule has 3 aromatic rings. The highest BCUT2D eigenvalue weighted by molar-refractivity contribution is 5.77. The van der Waals surface area contributed by atoms with Gasteiger partial charge < -0.3 is 15.0 Å². The van der Waals surface area contributed by atoms with Crippen LogP contribution in [-0.2, 0) is 0 Å². The van der Waals surface area contributed by atoms with E-state index in [0.29, 0.717) is 6.54 Å².